The van der Waals surface area contributed by atoms with Crippen LogP contribution in [0.5, 0.6) is 0 Å². The number of aryl methyl sites for hydroxylation is 5. The smallest absolute Gasteiger partial charge is 0.136 e. The van der Waals surface area contributed by atoms with Crippen LogP contribution in [0.15, 0.2) is 36.4 Å². The van der Waals surface area contributed by atoms with Crippen molar-refractivity contribution >= 4 is 21.5 Å². The largest absolute Gasteiger partial charge is 0.219 e. The van der Waals surface area contributed by atoms with Gasteiger partial charge in [0, 0.05) is 6.42 Å². The lowest BCUT2D eigenvalue weighted by Crippen LogP contribution is -2.03. The molecule has 3 nitrogen and oxygen atoms in total. The van der Waals surface area contributed by atoms with Crippen molar-refractivity contribution in [3.63, 3.8) is 0 Å². The Morgan fingerprint density at radius 1 is 0.654 bits per heavy atom. The Kier molecular flexibility index (Phi) is 3.95. The van der Waals surface area contributed by atoms with Crippen LogP contribution in [0.4, 0.5) is 0 Å². The van der Waals surface area contributed by atoms with E-state index in [0.717, 1.165) is 23.9 Å². The van der Waals surface area contributed by atoms with Crippen molar-refractivity contribution in [1.82, 2.24) is 15.0 Å². The van der Waals surface area contributed by atoms with Crippen molar-refractivity contribution in [1.29, 1.82) is 0 Å². The predicted molar refractivity (Wildman–Crippen MR) is 108 cm³/mol. The van der Waals surface area contributed by atoms with E-state index in [9.17, 15) is 0 Å². The van der Waals surface area contributed by atoms with Gasteiger partial charge in [0.2, 0.25) is 0 Å². The van der Waals surface area contributed by atoms with Crippen LogP contribution >= 0.6 is 0 Å². The molecule has 3 aromatic carbocycles. The third kappa shape index (κ3) is 2.84. The quantitative estimate of drug-likeness (QED) is 0.464. The Morgan fingerprint density at radius 3 is 2.08 bits per heavy atom. The van der Waals surface area contributed by atoms with Crippen LogP contribution in [0, 0.1) is 34.6 Å². The van der Waals surface area contributed by atoms with E-state index >= 15 is 0 Å². The van der Waals surface area contributed by atoms with Gasteiger partial charge in [0.25, 0.3) is 0 Å². The zero-order valence-electron chi connectivity index (χ0n) is 16.0. The van der Waals surface area contributed by atoms with Crippen LogP contribution < -0.4 is 0 Å². The summed E-state index contributed by atoms with van der Waals surface area (Å²) in [4.78, 5) is 13.3. The van der Waals surface area contributed by atoms with Crippen molar-refractivity contribution in [2.45, 2.75) is 41.0 Å². The van der Waals surface area contributed by atoms with Crippen LogP contribution in [-0.4, -0.2) is 15.0 Å². The van der Waals surface area contributed by atoms with E-state index in [1.807, 2.05) is 13.8 Å². The molecule has 0 fully saturated rings. The standard InChI is InChI=1S/C23H23N3/c1-13-7-6-8-19-15(3)22-10-18(9-14(2)21(22)12-20(13)19)11-23-25-16(4)24-17(5)26-23/h6-10,12H,11H2,1-5H3. The molecule has 0 amide bonds. The maximum Gasteiger partial charge on any atom is 0.136 e. The lowest BCUT2D eigenvalue weighted by Gasteiger charge is -2.14. The predicted octanol–water partition coefficient (Wildman–Crippen LogP) is 5.31. The first-order valence-corrected chi connectivity index (χ1v) is 9.02. The molecular weight excluding hydrogens is 318 g/mol. The van der Waals surface area contributed by atoms with E-state index in [4.69, 9.17) is 0 Å². The zero-order chi connectivity index (χ0) is 18.4. The second-order valence-electron chi connectivity index (χ2n) is 7.20. The maximum atomic E-state index is 4.50. The second kappa shape index (κ2) is 6.17. The molecule has 0 radical (unpaired) electrons. The van der Waals surface area contributed by atoms with E-state index in [1.165, 1.54) is 43.8 Å². The molecule has 130 valence electrons. The molecule has 0 aliphatic rings. The van der Waals surface area contributed by atoms with Gasteiger partial charge in [0.1, 0.15) is 17.5 Å². The molecule has 4 aromatic rings. The Labute approximate surface area is 154 Å². The van der Waals surface area contributed by atoms with Crippen molar-refractivity contribution in [2.24, 2.45) is 0 Å². The number of nitrogens with zero attached hydrogens (tertiary/aromatic N) is 3. The highest BCUT2D eigenvalue weighted by atomic mass is 15.0. The topological polar surface area (TPSA) is 38.7 Å². The van der Waals surface area contributed by atoms with Gasteiger partial charge < -0.3 is 0 Å². The molecule has 0 saturated carbocycles. The van der Waals surface area contributed by atoms with Crippen LogP contribution in [0.2, 0.25) is 0 Å². The number of aromatic nitrogens is 3. The number of hydrogen-bond donors (Lipinski definition) is 0. The minimum absolute atomic E-state index is 0.728. The molecule has 0 aliphatic heterocycles. The van der Waals surface area contributed by atoms with Gasteiger partial charge in [-0.15, -0.1) is 0 Å². The summed E-state index contributed by atoms with van der Waals surface area (Å²) in [5.74, 6) is 2.40. The summed E-state index contributed by atoms with van der Waals surface area (Å²) < 4.78 is 0. The first-order valence-electron chi connectivity index (χ1n) is 9.02. The Hall–Kier alpha value is -2.81. The van der Waals surface area contributed by atoms with E-state index in [0.29, 0.717) is 0 Å². The van der Waals surface area contributed by atoms with Crippen molar-refractivity contribution in [2.75, 3.05) is 0 Å². The third-order valence-corrected chi connectivity index (χ3v) is 5.14. The van der Waals surface area contributed by atoms with Gasteiger partial charge in [-0.25, -0.2) is 15.0 Å². The lowest BCUT2D eigenvalue weighted by molar-refractivity contribution is 0.843. The highest BCUT2D eigenvalue weighted by molar-refractivity contribution is 6.04. The van der Waals surface area contributed by atoms with Crippen molar-refractivity contribution in [3.8, 4) is 0 Å². The molecule has 0 saturated heterocycles. The van der Waals surface area contributed by atoms with Crippen molar-refractivity contribution in [3.05, 3.63) is 76.1 Å². The van der Waals surface area contributed by atoms with Crippen LogP contribution in [-0.2, 0) is 6.42 Å². The Bertz CT molecular complexity index is 1140. The number of rotatable bonds is 2. The molecule has 1 aromatic heterocycles. The van der Waals surface area contributed by atoms with Crippen LogP contribution in [0.1, 0.15) is 39.7 Å². The van der Waals surface area contributed by atoms with Crippen molar-refractivity contribution < 1.29 is 0 Å². The highest BCUT2D eigenvalue weighted by Gasteiger charge is 2.10. The fraction of sp³-hybridized carbons (Fsp3) is 0.261. The monoisotopic (exact) mass is 341 g/mol. The van der Waals surface area contributed by atoms with Gasteiger partial charge in [-0.3, -0.25) is 0 Å². The summed E-state index contributed by atoms with van der Waals surface area (Å²) in [7, 11) is 0. The van der Waals surface area contributed by atoms with E-state index in [-0.39, 0.29) is 0 Å². The molecule has 26 heavy (non-hydrogen) atoms. The first kappa shape index (κ1) is 16.6. The minimum Gasteiger partial charge on any atom is -0.219 e. The summed E-state index contributed by atoms with van der Waals surface area (Å²) in [5.41, 5.74) is 5.21. The summed E-state index contributed by atoms with van der Waals surface area (Å²) in [5, 5.41) is 5.33. The number of benzene rings is 3. The van der Waals surface area contributed by atoms with Crippen LogP contribution in [0.3, 0.4) is 0 Å². The van der Waals surface area contributed by atoms with Gasteiger partial charge in [-0.2, -0.15) is 0 Å². The molecule has 0 spiro atoms. The minimum atomic E-state index is 0.728. The normalized spacial score (nSPS) is 11.4. The first-order chi connectivity index (χ1) is 12.4. The van der Waals surface area contributed by atoms with E-state index < -0.39 is 0 Å². The summed E-state index contributed by atoms with van der Waals surface area (Å²) in [6.45, 7) is 10.4. The molecule has 1 heterocycles. The van der Waals surface area contributed by atoms with E-state index in [2.05, 4.69) is 72.1 Å². The SMILES string of the molecule is Cc1nc(C)nc(Cc2cc(C)c3cc4c(C)cccc4c(C)c3c2)n1. The molecule has 4 rings (SSSR count). The molecule has 3 heteroatoms. The van der Waals surface area contributed by atoms with E-state index in [1.54, 1.807) is 0 Å². The fourth-order valence-electron chi connectivity index (χ4n) is 3.91. The maximum absolute atomic E-state index is 4.50. The van der Waals surface area contributed by atoms with Gasteiger partial charge in [-0.05, 0) is 84.5 Å². The molecule has 0 aliphatic carbocycles. The summed E-state index contributed by atoms with van der Waals surface area (Å²) >= 11 is 0. The summed E-state index contributed by atoms with van der Waals surface area (Å²) in [6, 6.07) is 13.4. The molecular formula is C23H23N3. The molecule has 0 unspecified atom stereocenters. The molecule has 0 atom stereocenters. The second-order valence-corrected chi connectivity index (χ2v) is 7.20. The van der Waals surface area contributed by atoms with Gasteiger partial charge >= 0.3 is 0 Å². The Balaban J connectivity index is 1.90. The fourth-order valence-corrected chi connectivity index (χ4v) is 3.91. The highest BCUT2D eigenvalue weighted by Crippen LogP contribution is 2.32. The zero-order valence-corrected chi connectivity index (χ0v) is 16.0. The van der Waals surface area contributed by atoms with Crippen LogP contribution in [0.25, 0.3) is 21.5 Å². The summed E-state index contributed by atoms with van der Waals surface area (Å²) in [6.07, 6.45) is 0.728. The number of fused-ring (bicyclic) bond motifs is 2. The average Bonchev–Trinajstić information content (AvgIpc) is 2.56. The lowest BCUT2D eigenvalue weighted by atomic mass is 9.91. The van der Waals surface area contributed by atoms with Gasteiger partial charge in [0.15, 0.2) is 0 Å². The van der Waals surface area contributed by atoms with Gasteiger partial charge in [0.05, 0.1) is 0 Å². The molecule has 0 bridgehead atoms. The molecule has 0 N–H and O–H groups in total. The van der Waals surface area contributed by atoms with Gasteiger partial charge in [-0.1, -0.05) is 30.3 Å². The average molecular weight is 341 g/mol. The number of hydrogen-bond acceptors (Lipinski definition) is 3. The Morgan fingerprint density at radius 2 is 1.35 bits per heavy atom. The third-order valence-electron chi connectivity index (χ3n) is 5.14.